The molecular formula is C21H23NO4. The van der Waals surface area contributed by atoms with Crippen LogP contribution in [0.5, 0.6) is 0 Å². The Morgan fingerprint density at radius 2 is 1.46 bits per heavy atom. The average molecular weight is 353 g/mol. The van der Waals surface area contributed by atoms with Crippen LogP contribution in [0.25, 0.3) is 0 Å². The highest BCUT2D eigenvalue weighted by atomic mass is 16.6. The Labute approximate surface area is 153 Å². The summed E-state index contributed by atoms with van der Waals surface area (Å²) >= 11 is 0. The summed E-state index contributed by atoms with van der Waals surface area (Å²) in [5.74, 6) is -0.793. The van der Waals surface area contributed by atoms with Crippen LogP contribution in [0.15, 0.2) is 60.7 Å². The summed E-state index contributed by atoms with van der Waals surface area (Å²) in [6.07, 6.45) is 0.957. The lowest BCUT2D eigenvalue weighted by Crippen LogP contribution is -2.47. The molecule has 0 saturated carbocycles. The number of ether oxygens (including phenoxy) is 1. The minimum Gasteiger partial charge on any atom is -0.481 e. The fourth-order valence-electron chi connectivity index (χ4n) is 3.38. The molecule has 2 aromatic rings. The number of carbonyl (C=O) groups is 2. The molecule has 136 valence electrons. The van der Waals surface area contributed by atoms with Gasteiger partial charge in [0, 0.05) is 13.1 Å². The van der Waals surface area contributed by atoms with Gasteiger partial charge in [0.05, 0.1) is 5.41 Å². The number of rotatable bonds is 5. The third kappa shape index (κ3) is 4.23. The Balaban J connectivity index is 1.57. The lowest BCUT2D eigenvalue weighted by atomic mass is 9.74. The van der Waals surface area contributed by atoms with Gasteiger partial charge in [-0.3, -0.25) is 4.79 Å². The third-order valence-electron chi connectivity index (χ3n) is 5.02. The van der Waals surface area contributed by atoms with E-state index in [2.05, 4.69) is 0 Å². The van der Waals surface area contributed by atoms with Gasteiger partial charge in [-0.05, 0) is 30.4 Å². The molecule has 2 aromatic carbocycles. The van der Waals surface area contributed by atoms with Crippen LogP contribution in [-0.2, 0) is 22.6 Å². The van der Waals surface area contributed by atoms with Crippen LogP contribution >= 0.6 is 0 Å². The number of nitrogens with zero attached hydrogens (tertiary/aromatic N) is 1. The normalized spacial score (nSPS) is 16.1. The summed E-state index contributed by atoms with van der Waals surface area (Å²) in [5.41, 5.74) is 1.12. The molecule has 1 fully saturated rings. The maximum atomic E-state index is 12.3. The molecule has 1 aliphatic heterocycles. The van der Waals surface area contributed by atoms with E-state index in [1.807, 2.05) is 60.7 Å². The number of piperidine rings is 1. The van der Waals surface area contributed by atoms with E-state index in [1.165, 1.54) is 0 Å². The monoisotopic (exact) mass is 353 g/mol. The van der Waals surface area contributed by atoms with E-state index in [0.29, 0.717) is 32.4 Å². The van der Waals surface area contributed by atoms with Gasteiger partial charge < -0.3 is 14.7 Å². The molecule has 26 heavy (non-hydrogen) atoms. The minimum atomic E-state index is -0.822. The first-order chi connectivity index (χ1) is 12.6. The predicted octanol–water partition coefficient (Wildman–Crippen LogP) is 3.73. The number of hydrogen-bond donors (Lipinski definition) is 1. The van der Waals surface area contributed by atoms with E-state index in [4.69, 9.17) is 4.74 Å². The second-order valence-corrected chi connectivity index (χ2v) is 6.78. The number of likely N-dealkylation sites (tertiary alicyclic amines) is 1. The Morgan fingerprint density at radius 1 is 0.923 bits per heavy atom. The summed E-state index contributed by atoms with van der Waals surface area (Å²) in [4.78, 5) is 25.8. The van der Waals surface area contributed by atoms with Gasteiger partial charge in [-0.25, -0.2) is 4.79 Å². The number of carbonyl (C=O) groups excluding carboxylic acids is 1. The van der Waals surface area contributed by atoms with Gasteiger partial charge in [-0.2, -0.15) is 0 Å². The predicted molar refractivity (Wildman–Crippen MR) is 97.6 cm³/mol. The highest BCUT2D eigenvalue weighted by molar-refractivity contribution is 5.76. The zero-order valence-corrected chi connectivity index (χ0v) is 14.6. The molecule has 0 atom stereocenters. The van der Waals surface area contributed by atoms with E-state index in [9.17, 15) is 14.7 Å². The van der Waals surface area contributed by atoms with Crippen LogP contribution in [0.1, 0.15) is 24.0 Å². The number of carboxylic acids is 1. The Hall–Kier alpha value is -2.82. The largest absolute Gasteiger partial charge is 0.481 e. The Bertz CT molecular complexity index is 737. The van der Waals surface area contributed by atoms with Crippen molar-refractivity contribution in [1.29, 1.82) is 0 Å². The van der Waals surface area contributed by atoms with E-state index in [-0.39, 0.29) is 12.7 Å². The first-order valence-electron chi connectivity index (χ1n) is 8.82. The lowest BCUT2D eigenvalue weighted by Gasteiger charge is -2.38. The van der Waals surface area contributed by atoms with Gasteiger partial charge in [0.1, 0.15) is 6.61 Å². The SMILES string of the molecule is O=C(OCc1ccccc1)N1CCC(Cc2ccccc2)(C(=O)O)CC1. The lowest BCUT2D eigenvalue weighted by molar-refractivity contribution is -0.151. The van der Waals surface area contributed by atoms with E-state index < -0.39 is 11.4 Å². The van der Waals surface area contributed by atoms with Crippen molar-refractivity contribution < 1.29 is 19.4 Å². The molecule has 0 unspecified atom stereocenters. The molecule has 5 nitrogen and oxygen atoms in total. The van der Waals surface area contributed by atoms with Crippen molar-refractivity contribution in [2.75, 3.05) is 13.1 Å². The smallest absolute Gasteiger partial charge is 0.410 e. The second kappa shape index (κ2) is 8.04. The van der Waals surface area contributed by atoms with Crippen molar-refractivity contribution in [2.45, 2.75) is 25.9 Å². The number of aliphatic carboxylic acids is 1. The summed E-state index contributed by atoms with van der Waals surface area (Å²) in [5, 5.41) is 9.79. The molecule has 5 heteroatoms. The van der Waals surface area contributed by atoms with Gasteiger partial charge in [-0.15, -0.1) is 0 Å². The van der Waals surface area contributed by atoms with Gasteiger partial charge in [0.25, 0.3) is 0 Å². The highest BCUT2D eigenvalue weighted by Gasteiger charge is 2.42. The fourth-order valence-corrected chi connectivity index (χ4v) is 3.38. The second-order valence-electron chi connectivity index (χ2n) is 6.78. The molecule has 1 saturated heterocycles. The molecule has 0 spiro atoms. The molecule has 1 aliphatic rings. The standard InChI is InChI=1S/C21H23NO4/c23-19(24)21(15-17-7-3-1-4-8-17)11-13-22(14-12-21)20(25)26-16-18-9-5-2-6-10-18/h1-10H,11-16H2,(H,23,24). The van der Waals surface area contributed by atoms with E-state index in [0.717, 1.165) is 11.1 Å². The number of benzene rings is 2. The number of hydrogen-bond acceptors (Lipinski definition) is 3. The summed E-state index contributed by atoms with van der Waals surface area (Å²) < 4.78 is 5.35. The van der Waals surface area contributed by atoms with Crippen LogP contribution in [0, 0.1) is 5.41 Å². The van der Waals surface area contributed by atoms with Gasteiger partial charge >= 0.3 is 12.1 Å². The topological polar surface area (TPSA) is 66.8 Å². The molecule has 1 heterocycles. The Morgan fingerprint density at radius 3 is 2.00 bits per heavy atom. The maximum absolute atomic E-state index is 12.3. The van der Waals surface area contributed by atoms with Crippen LogP contribution in [0.2, 0.25) is 0 Å². The molecule has 0 aliphatic carbocycles. The molecule has 0 aromatic heterocycles. The van der Waals surface area contributed by atoms with Crippen LogP contribution < -0.4 is 0 Å². The van der Waals surface area contributed by atoms with Crippen molar-refractivity contribution in [3.63, 3.8) is 0 Å². The molecule has 1 amide bonds. The summed E-state index contributed by atoms with van der Waals surface area (Å²) in [7, 11) is 0. The van der Waals surface area contributed by atoms with Gasteiger partial charge in [0.15, 0.2) is 0 Å². The van der Waals surface area contributed by atoms with E-state index >= 15 is 0 Å². The zero-order chi connectivity index (χ0) is 18.4. The Kier molecular flexibility index (Phi) is 5.56. The van der Waals surface area contributed by atoms with Crippen molar-refractivity contribution >= 4 is 12.1 Å². The highest BCUT2D eigenvalue weighted by Crippen LogP contribution is 2.35. The summed E-state index contributed by atoms with van der Waals surface area (Å²) in [6.45, 7) is 1.02. The van der Waals surface area contributed by atoms with Crippen LogP contribution in [0.4, 0.5) is 4.79 Å². The van der Waals surface area contributed by atoms with Crippen molar-refractivity contribution in [3.05, 3.63) is 71.8 Å². The van der Waals surface area contributed by atoms with Crippen molar-refractivity contribution in [1.82, 2.24) is 4.90 Å². The molecule has 1 N–H and O–H groups in total. The molecule has 0 bridgehead atoms. The minimum absolute atomic E-state index is 0.226. The fraction of sp³-hybridized carbons (Fsp3) is 0.333. The van der Waals surface area contributed by atoms with Crippen molar-refractivity contribution in [2.24, 2.45) is 5.41 Å². The zero-order valence-electron chi connectivity index (χ0n) is 14.6. The average Bonchev–Trinajstić information content (AvgIpc) is 2.68. The van der Waals surface area contributed by atoms with Crippen molar-refractivity contribution in [3.8, 4) is 0 Å². The van der Waals surface area contributed by atoms with Crippen LogP contribution in [-0.4, -0.2) is 35.2 Å². The first kappa shape index (κ1) is 18.0. The number of amides is 1. The molecular weight excluding hydrogens is 330 g/mol. The first-order valence-corrected chi connectivity index (χ1v) is 8.82. The van der Waals surface area contributed by atoms with Gasteiger partial charge in [0.2, 0.25) is 0 Å². The van der Waals surface area contributed by atoms with E-state index in [1.54, 1.807) is 4.90 Å². The van der Waals surface area contributed by atoms with Gasteiger partial charge in [-0.1, -0.05) is 60.7 Å². The number of carboxylic acid groups (broad SMARTS) is 1. The quantitative estimate of drug-likeness (QED) is 0.889. The third-order valence-corrected chi connectivity index (χ3v) is 5.02. The molecule has 3 rings (SSSR count). The summed E-state index contributed by atoms with van der Waals surface area (Å²) in [6, 6.07) is 19.2. The maximum Gasteiger partial charge on any atom is 0.410 e. The van der Waals surface area contributed by atoms with Crippen LogP contribution in [0.3, 0.4) is 0 Å². The molecule has 0 radical (unpaired) electrons.